The zero-order valence-corrected chi connectivity index (χ0v) is 13.0. The molecular formula is C17H23N3O. The summed E-state index contributed by atoms with van der Waals surface area (Å²) in [4.78, 5) is 4.76. The molecule has 2 aromatic rings. The smallest absolute Gasteiger partial charge is 0.131 e. The first kappa shape index (κ1) is 14.0. The molecule has 1 aliphatic rings. The third-order valence-electron chi connectivity index (χ3n) is 3.96. The Balaban J connectivity index is 1.90. The molecule has 0 saturated heterocycles. The van der Waals surface area contributed by atoms with Crippen molar-refractivity contribution < 1.29 is 4.74 Å². The lowest BCUT2D eigenvalue weighted by Crippen LogP contribution is -2.18. The van der Waals surface area contributed by atoms with Gasteiger partial charge in [-0.25, -0.2) is 4.98 Å². The lowest BCUT2D eigenvalue weighted by molar-refractivity contribution is 0.242. The number of aromatic nitrogens is 2. The van der Waals surface area contributed by atoms with Gasteiger partial charge < -0.3 is 15.0 Å². The predicted molar refractivity (Wildman–Crippen MR) is 85.3 cm³/mol. The molecule has 1 atom stereocenters. The summed E-state index contributed by atoms with van der Waals surface area (Å²) < 4.78 is 7.83. The van der Waals surface area contributed by atoms with Crippen LogP contribution in [0.1, 0.15) is 33.0 Å². The molecule has 3 rings (SSSR count). The van der Waals surface area contributed by atoms with Crippen molar-refractivity contribution in [3.63, 3.8) is 0 Å². The van der Waals surface area contributed by atoms with Gasteiger partial charge in [0, 0.05) is 18.5 Å². The topological polar surface area (TPSA) is 53.1 Å². The van der Waals surface area contributed by atoms with Crippen LogP contribution in [0.15, 0.2) is 24.3 Å². The fraction of sp³-hybridized carbons (Fsp3) is 0.471. The van der Waals surface area contributed by atoms with Gasteiger partial charge in [0.25, 0.3) is 0 Å². The summed E-state index contributed by atoms with van der Waals surface area (Å²) in [6.45, 7) is 7.29. The van der Waals surface area contributed by atoms with Crippen molar-refractivity contribution in [3.8, 4) is 17.0 Å². The highest BCUT2D eigenvalue weighted by molar-refractivity contribution is 5.71. The SMILES string of the molecule is CC1CCn2c(nc(-c3ccc(OC(C)C)cc3)c2N)C1. The number of nitrogens with zero attached hydrogens (tertiary/aromatic N) is 2. The normalized spacial score (nSPS) is 17.8. The maximum absolute atomic E-state index is 6.29. The first-order valence-electron chi connectivity index (χ1n) is 7.66. The molecule has 0 saturated carbocycles. The van der Waals surface area contributed by atoms with Crippen LogP contribution in [0, 0.1) is 5.92 Å². The zero-order chi connectivity index (χ0) is 15.0. The van der Waals surface area contributed by atoms with Crippen LogP contribution in [0.3, 0.4) is 0 Å². The van der Waals surface area contributed by atoms with Crippen LogP contribution in [0.4, 0.5) is 5.82 Å². The zero-order valence-electron chi connectivity index (χ0n) is 13.0. The average molecular weight is 285 g/mol. The summed E-state index contributed by atoms with van der Waals surface area (Å²) in [6, 6.07) is 8.03. The molecule has 112 valence electrons. The van der Waals surface area contributed by atoms with Crippen LogP contribution in [0.25, 0.3) is 11.3 Å². The van der Waals surface area contributed by atoms with E-state index in [1.54, 1.807) is 0 Å². The van der Waals surface area contributed by atoms with Crippen molar-refractivity contribution in [3.05, 3.63) is 30.1 Å². The fourth-order valence-electron chi connectivity index (χ4n) is 2.86. The molecule has 1 aliphatic heterocycles. The van der Waals surface area contributed by atoms with Gasteiger partial charge in [-0.05, 0) is 50.5 Å². The van der Waals surface area contributed by atoms with E-state index in [1.807, 2.05) is 38.1 Å². The number of hydrogen-bond donors (Lipinski definition) is 1. The van der Waals surface area contributed by atoms with Gasteiger partial charge in [-0.15, -0.1) is 0 Å². The molecule has 4 nitrogen and oxygen atoms in total. The number of fused-ring (bicyclic) bond motifs is 1. The summed E-state index contributed by atoms with van der Waals surface area (Å²) in [6.07, 6.45) is 2.37. The molecule has 0 bridgehead atoms. The van der Waals surface area contributed by atoms with Gasteiger partial charge in [0.05, 0.1) is 6.10 Å². The van der Waals surface area contributed by atoms with Gasteiger partial charge in [-0.2, -0.15) is 0 Å². The fourth-order valence-corrected chi connectivity index (χ4v) is 2.86. The van der Waals surface area contributed by atoms with Crippen molar-refractivity contribution in [2.24, 2.45) is 5.92 Å². The summed E-state index contributed by atoms with van der Waals surface area (Å²) >= 11 is 0. The third-order valence-corrected chi connectivity index (χ3v) is 3.96. The van der Waals surface area contributed by atoms with Crippen LogP contribution in [0.2, 0.25) is 0 Å². The predicted octanol–water partition coefficient (Wildman–Crippen LogP) is 3.50. The molecule has 1 aromatic carbocycles. The van der Waals surface area contributed by atoms with Crippen molar-refractivity contribution in [2.45, 2.75) is 46.3 Å². The van der Waals surface area contributed by atoms with E-state index in [4.69, 9.17) is 15.5 Å². The lowest BCUT2D eigenvalue weighted by atomic mass is 10.0. The van der Waals surface area contributed by atoms with Gasteiger partial charge >= 0.3 is 0 Å². The Morgan fingerprint density at radius 1 is 1.29 bits per heavy atom. The largest absolute Gasteiger partial charge is 0.491 e. The monoisotopic (exact) mass is 285 g/mol. The molecule has 2 heterocycles. The molecule has 2 N–H and O–H groups in total. The Morgan fingerprint density at radius 3 is 2.67 bits per heavy atom. The van der Waals surface area contributed by atoms with Crippen molar-refractivity contribution >= 4 is 5.82 Å². The minimum absolute atomic E-state index is 0.183. The van der Waals surface area contributed by atoms with Crippen LogP contribution in [-0.2, 0) is 13.0 Å². The van der Waals surface area contributed by atoms with Crippen LogP contribution >= 0.6 is 0 Å². The van der Waals surface area contributed by atoms with E-state index >= 15 is 0 Å². The van der Waals surface area contributed by atoms with Gasteiger partial charge in [0.15, 0.2) is 0 Å². The lowest BCUT2D eigenvalue weighted by Gasteiger charge is -2.20. The molecule has 1 unspecified atom stereocenters. The second-order valence-corrected chi connectivity index (χ2v) is 6.20. The minimum atomic E-state index is 0.183. The molecular weight excluding hydrogens is 262 g/mol. The minimum Gasteiger partial charge on any atom is -0.491 e. The summed E-state index contributed by atoms with van der Waals surface area (Å²) in [5.41, 5.74) is 8.24. The Bertz CT molecular complexity index is 628. The van der Waals surface area contributed by atoms with Gasteiger partial charge in [0.1, 0.15) is 23.1 Å². The Hall–Kier alpha value is -1.97. The van der Waals surface area contributed by atoms with Gasteiger partial charge in [-0.1, -0.05) is 6.92 Å². The molecule has 0 radical (unpaired) electrons. The van der Waals surface area contributed by atoms with E-state index in [-0.39, 0.29) is 6.10 Å². The third kappa shape index (κ3) is 2.75. The van der Waals surface area contributed by atoms with Crippen LogP contribution in [0.5, 0.6) is 5.75 Å². The van der Waals surface area contributed by atoms with E-state index in [9.17, 15) is 0 Å². The Kier molecular flexibility index (Phi) is 3.62. The molecule has 0 amide bonds. The van der Waals surface area contributed by atoms with Gasteiger partial charge in [-0.3, -0.25) is 0 Å². The molecule has 4 heteroatoms. The van der Waals surface area contributed by atoms with Gasteiger partial charge in [0.2, 0.25) is 0 Å². The highest BCUT2D eigenvalue weighted by Crippen LogP contribution is 2.31. The second-order valence-electron chi connectivity index (χ2n) is 6.20. The second kappa shape index (κ2) is 5.43. The maximum atomic E-state index is 6.29. The number of imidazole rings is 1. The van der Waals surface area contributed by atoms with E-state index in [2.05, 4.69) is 11.5 Å². The van der Waals surface area contributed by atoms with E-state index < -0.39 is 0 Å². The molecule has 1 aromatic heterocycles. The van der Waals surface area contributed by atoms with E-state index in [1.165, 1.54) is 6.42 Å². The summed E-state index contributed by atoms with van der Waals surface area (Å²) in [7, 11) is 0. The molecule has 0 aliphatic carbocycles. The standard InChI is InChI=1S/C17H23N3O/c1-11(2)21-14-6-4-13(5-7-14)16-17(18)20-9-8-12(3)10-15(20)19-16/h4-7,11-12H,8-10,18H2,1-3H3. The summed E-state index contributed by atoms with van der Waals surface area (Å²) in [5, 5.41) is 0. The van der Waals surface area contributed by atoms with Crippen LogP contribution < -0.4 is 10.5 Å². The number of nitrogens with two attached hydrogens (primary N) is 1. The van der Waals surface area contributed by atoms with E-state index in [0.29, 0.717) is 5.92 Å². The van der Waals surface area contributed by atoms with Crippen LogP contribution in [-0.4, -0.2) is 15.7 Å². The molecule has 21 heavy (non-hydrogen) atoms. The number of nitrogen functional groups attached to an aromatic ring is 1. The molecule has 0 fully saturated rings. The van der Waals surface area contributed by atoms with Crippen molar-refractivity contribution in [1.82, 2.24) is 9.55 Å². The maximum Gasteiger partial charge on any atom is 0.131 e. The summed E-state index contributed by atoms with van der Waals surface area (Å²) in [5.74, 6) is 3.47. The first-order chi connectivity index (χ1) is 10.0. The van der Waals surface area contributed by atoms with E-state index in [0.717, 1.165) is 41.6 Å². The molecule has 0 spiro atoms. The Labute approximate surface area is 125 Å². The highest BCUT2D eigenvalue weighted by Gasteiger charge is 2.22. The quantitative estimate of drug-likeness (QED) is 0.939. The highest BCUT2D eigenvalue weighted by atomic mass is 16.5. The number of hydrogen-bond acceptors (Lipinski definition) is 3. The Morgan fingerprint density at radius 2 is 2.00 bits per heavy atom. The van der Waals surface area contributed by atoms with Crippen molar-refractivity contribution in [1.29, 1.82) is 0 Å². The number of rotatable bonds is 3. The number of anilines is 1. The first-order valence-corrected chi connectivity index (χ1v) is 7.66. The number of ether oxygens (including phenoxy) is 1. The van der Waals surface area contributed by atoms with Crippen molar-refractivity contribution in [2.75, 3.05) is 5.73 Å². The average Bonchev–Trinajstić information content (AvgIpc) is 2.75. The number of benzene rings is 1.